The van der Waals surface area contributed by atoms with Crippen LogP contribution in [0, 0.1) is 0 Å². The molecule has 0 saturated carbocycles. The number of aromatic nitrogens is 3. The maximum absolute atomic E-state index is 13.1. The van der Waals surface area contributed by atoms with Crippen molar-refractivity contribution in [3.05, 3.63) is 50.3 Å². The van der Waals surface area contributed by atoms with Gasteiger partial charge in [0.15, 0.2) is 17.1 Å². The highest BCUT2D eigenvalue weighted by Gasteiger charge is 2.21. The fraction of sp³-hybridized carbons (Fsp3) is 0.333. The predicted molar refractivity (Wildman–Crippen MR) is 116 cm³/mol. The van der Waals surface area contributed by atoms with Crippen molar-refractivity contribution in [3.8, 4) is 17.2 Å². The minimum atomic E-state index is -0.541. The highest BCUT2D eigenvalue weighted by molar-refractivity contribution is 6.09. The van der Waals surface area contributed by atoms with Gasteiger partial charge in [0, 0.05) is 25.9 Å². The van der Waals surface area contributed by atoms with Crippen LogP contribution in [-0.2, 0) is 20.5 Å². The molecule has 0 spiro atoms. The van der Waals surface area contributed by atoms with Gasteiger partial charge in [0.1, 0.15) is 5.39 Å². The Balaban J connectivity index is 2.21. The van der Waals surface area contributed by atoms with Gasteiger partial charge in [0.25, 0.3) is 11.5 Å². The van der Waals surface area contributed by atoms with E-state index >= 15 is 0 Å². The van der Waals surface area contributed by atoms with Crippen LogP contribution in [0.25, 0.3) is 11.0 Å². The molecule has 0 unspecified atom stereocenters. The van der Waals surface area contributed by atoms with Gasteiger partial charge in [-0.15, -0.1) is 0 Å². The second-order valence-corrected chi connectivity index (χ2v) is 6.78. The standard InChI is InChI=1S/C21H24N4O6/c1-7-11-10-22-18-15(20(27)25(3)21(28)24(18)2)16(11)23-19(26)12-8-13(29-4)17(31-6)14(9-12)30-5/h8-10H,7H2,1-6H3,(H,22,23,26). The Hall–Kier alpha value is -3.82. The summed E-state index contributed by atoms with van der Waals surface area (Å²) in [6, 6.07) is 3.03. The van der Waals surface area contributed by atoms with Crippen LogP contribution in [-0.4, -0.2) is 41.4 Å². The predicted octanol–water partition coefficient (Wildman–Crippen LogP) is 1.47. The molecule has 0 fully saturated rings. The number of carbonyl (C=O) groups is 1. The largest absolute Gasteiger partial charge is 0.493 e. The van der Waals surface area contributed by atoms with E-state index in [-0.39, 0.29) is 16.6 Å². The normalized spacial score (nSPS) is 10.8. The molecule has 2 aromatic heterocycles. The lowest BCUT2D eigenvalue weighted by Crippen LogP contribution is -2.38. The van der Waals surface area contributed by atoms with Gasteiger partial charge in [0.05, 0.1) is 27.0 Å². The van der Waals surface area contributed by atoms with Gasteiger partial charge in [-0.2, -0.15) is 0 Å². The van der Waals surface area contributed by atoms with E-state index < -0.39 is 17.2 Å². The van der Waals surface area contributed by atoms with Crippen LogP contribution in [0.5, 0.6) is 17.2 Å². The number of hydrogen-bond donors (Lipinski definition) is 1. The Morgan fingerprint density at radius 3 is 2.16 bits per heavy atom. The molecule has 3 aromatic rings. The first kappa shape index (κ1) is 21.9. The van der Waals surface area contributed by atoms with Crippen molar-refractivity contribution in [2.75, 3.05) is 26.6 Å². The van der Waals surface area contributed by atoms with E-state index in [2.05, 4.69) is 10.3 Å². The number of ether oxygens (including phenoxy) is 3. The van der Waals surface area contributed by atoms with Crippen molar-refractivity contribution < 1.29 is 19.0 Å². The molecule has 0 bridgehead atoms. The molecular formula is C21H24N4O6. The smallest absolute Gasteiger partial charge is 0.332 e. The average molecular weight is 428 g/mol. The summed E-state index contributed by atoms with van der Waals surface area (Å²) < 4.78 is 18.2. The minimum Gasteiger partial charge on any atom is -0.493 e. The van der Waals surface area contributed by atoms with E-state index in [4.69, 9.17) is 14.2 Å². The van der Waals surface area contributed by atoms with Crippen LogP contribution in [0.3, 0.4) is 0 Å². The number of hydrogen-bond acceptors (Lipinski definition) is 7. The number of fused-ring (bicyclic) bond motifs is 1. The van der Waals surface area contributed by atoms with E-state index in [0.29, 0.717) is 34.9 Å². The average Bonchev–Trinajstić information content (AvgIpc) is 2.79. The number of aryl methyl sites for hydroxylation is 2. The molecule has 3 rings (SSSR count). The number of pyridine rings is 1. The number of amides is 1. The Morgan fingerprint density at radius 2 is 1.65 bits per heavy atom. The lowest BCUT2D eigenvalue weighted by Gasteiger charge is -2.16. The molecule has 2 heterocycles. The molecule has 1 amide bonds. The number of anilines is 1. The van der Waals surface area contributed by atoms with Gasteiger partial charge in [-0.1, -0.05) is 6.92 Å². The van der Waals surface area contributed by atoms with Crippen molar-refractivity contribution in [1.29, 1.82) is 0 Å². The molecule has 0 atom stereocenters. The first-order valence-corrected chi connectivity index (χ1v) is 9.47. The molecule has 0 radical (unpaired) electrons. The van der Waals surface area contributed by atoms with Crippen molar-refractivity contribution in [3.63, 3.8) is 0 Å². The monoisotopic (exact) mass is 428 g/mol. The summed E-state index contributed by atoms with van der Waals surface area (Å²) in [5.74, 6) is 0.507. The Morgan fingerprint density at radius 1 is 1.03 bits per heavy atom. The topological polar surface area (TPSA) is 114 Å². The van der Waals surface area contributed by atoms with Gasteiger partial charge in [0.2, 0.25) is 5.75 Å². The summed E-state index contributed by atoms with van der Waals surface area (Å²) in [4.78, 5) is 42.6. The summed E-state index contributed by atoms with van der Waals surface area (Å²) in [6.07, 6.45) is 2.06. The molecule has 31 heavy (non-hydrogen) atoms. The zero-order valence-corrected chi connectivity index (χ0v) is 18.2. The second-order valence-electron chi connectivity index (χ2n) is 6.78. The molecule has 10 nitrogen and oxygen atoms in total. The molecule has 0 saturated heterocycles. The van der Waals surface area contributed by atoms with Crippen molar-refractivity contribution in [1.82, 2.24) is 14.1 Å². The second kappa shape index (κ2) is 8.50. The van der Waals surface area contributed by atoms with Crippen molar-refractivity contribution in [2.45, 2.75) is 13.3 Å². The molecule has 1 aromatic carbocycles. The molecule has 164 valence electrons. The molecule has 0 aliphatic rings. The van der Waals surface area contributed by atoms with Crippen molar-refractivity contribution in [2.24, 2.45) is 14.1 Å². The van der Waals surface area contributed by atoms with Gasteiger partial charge in [-0.3, -0.25) is 18.7 Å². The number of nitrogens with one attached hydrogen (secondary N) is 1. The van der Waals surface area contributed by atoms with E-state index in [1.807, 2.05) is 6.92 Å². The van der Waals surface area contributed by atoms with E-state index in [1.165, 1.54) is 52.1 Å². The highest BCUT2D eigenvalue weighted by Crippen LogP contribution is 2.38. The zero-order valence-electron chi connectivity index (χ0n) is 18.2. The third-order valence-corrected chi connectivity index (χ3v) is 5.09. The fourth-order valence-electron chi connectivity index (χ4n) is 3.38. The van der Waals surface area contributed by atoms with Crippen molar-refractivity contribution >= 4 is 22.6 Å². The zero-order chi connectivity index (χ0) is 22.9. The summed E-state index contributed by atoms with van der Waals surface area (Å²) in [5, 5.41) is 2.97. The lowest BCUT2D eigenvalue weighted by molar-refractivity contribution is 0.102. The van der Waals surface area contributed by atoms with Crippen LogP contribution >= 0.6 is 0 Å². The molecule has 1 N–H and O–H groups in total. The van der Waals surface area contributed by atoms with Gasteiger partial charge >= 0.3 is 5.69 Å². The third kappa shape index (κ3) is 3.60. The van der Waals surface area contributed by atoms with E-state index in [0.717, 1.165) is 4.57 Å². The summed E-state index contributed by atoms with van der Waals surface area (Å²) in [6.45, 7) is 1.88. The van der Waals surface area contributed by atoms with Crippen LogP contribution in [0.1, 0.15) is 22.8 Å². The Bertz CT molecular complexity index is 1270. The van der Waals surface area contributed by atoms with Gasteiger partial charge in [-0.05, 0) is 24.1 Å². The highest BCUT2D eigenvalue weighted by atomic mass is 16.5. The molecule has 10 heteroatoms. The lowest BCUT2D eigenvalue weighted by atomic mass is 10.1. The number of rotatable bonds is 6. The summed E-state index contributed by atoms with van der Waals surface area (Å²) >= 11 is 0. The summed E-state index contributed by atoms with van der Waals surface area (Å²) in [5.41, 5.74) is 0.345. The molecule has 0 aliphatic carbocycles. The maximum Gasteiger partial charge on any atom is 0.332 e. The number of benzene rings is 1. The van der Waals surface area contributed by atoms with E-state index in [1.54, 1.807) is 6.20 Å². The first-order valence-electron chi connectivity index (χ1n) is 9.47. The SMILES string of the molecule is CCc1cnc2c(c1NC(=O)c1cc(OC)c(OC)c(OC)c1)c(=O)n(C)c(=O)n2C. The number of methoxy groups -OCH3 is 3. The third-order valence-electron chi connectivity index (χ3n) is 5.09. The number of carbonyl (C=O) groups excluding carboxylic acids is 1. The van der Waals surface area contributed by atoms with Crippen LogP contribution in [0.4, 0.5) is 5.69 Å². The molecular weight excluding hydrogens is 404 g/mol. The number of nitrogens with zero attached hydrogens (tertiary/aromatic N) is 3. The van der Waals surface area contributed by atoms with Gasteiger partial charge in [-0.25, -0.2) is 9.78 Å². The van der Waals surface area contributed by atoms with Crippen LogP contribution in [0.2, 0.25) is 0 Å². The first-order chi connectivity index (χ1) is 14.8. The minimum absolute atomic E-state index is 0.157. The van der Waals surface area contributed by atoms with Crippen LogP contribution in [0.15, 0.2) is 27.9 Å². The maximum atomic E-state index is 13.1. The fourth-order valence-corrected chi connectivity index (χ4v) is 3.38. The Kier molecular flexibility index (Phi) is 6.00. The van der Waals surface area contributed by atoms with Gasteiger partial charge < -0.3 is 19.5 Å². The van der Waals surface area contributed by atoms with Crippen LogP contribution < -0.4 is 30.8 Å². The molecule has 0 aliphatic heterocycles. The quantitative estimate of drug-likeness (QED) is 0.632. The summed E-state index contributed by atoms with van der Waals surface area (Å²) in [7, 11) is 7.28. The van der Waals surface area contributed by atoms with E-state index in [9.17, 15) is 14.4 Å². The Labute approximate surface area is 178 Å².